The molecule has 1 heterocycles. The minimum Gasteiger partial charge on any atom is -0.356 e. The summed E-state index contributed by atoms with van der Waals surface area (Å²) >= 11 is 0. The lowest BCUT2D eigenvalue weighted by atomic mass is 9.92. The van der Waals surface area contributed by atoms with Crippen molar-refractivity contribution < 1.29 is 27.0 Å². The predicted octanol–water partition coefficient (Wildman–Crippen LogP) is 3.09. The molecular formula is C18H27F2NO4S. The van der Waals surface area contributed by atoms with Gasteiger partial charge in [0.2, 0.25) is 21.3 Å². The highest BCUT2D eigenvalue weighted by molar-refractivity contribution is 7.92. The first-order valence-electron chi connectivity index (χ1n) is 8.63. The smallest absolute Gasteiger partial charge is 0.216 e. The summed E-state index contributed by atoms with van der Waals surface area (Å²) in [6.45, 7) is 7.09. The molecule has 1 aliphatic rings. The summed E-state index contributed by atoms with van der Waals surface area (Å²) in [4.78, 5) is 1.29. The molecule has 0 aromatic heterocycles. The van der Waals surface area contributed by atoms with Crippen LogP contribution in [0.4, 0.5) is 8.78 Å². The van der Waals surface area contributed by atoms with Gasteiger partial charge in [-0.3, -0.25) is 4.90 Å². The highest BCUT2D eigenvalue weighted by atomic mass is 32.2. The van der Waals surface area contributed by atoms with Crippen molar-refractivity contribution in [1.82, 2.24) is 4.90 Å². The molecule has 2 unspecified atom stereocenters. The second-order valence-electron chi connectivity index (χ2n) is 7.81. The van der Waals surface area contributed by atoms with Crippen LogP contribution in [0.3, 0.4) is 0 Å². The number of sulfone groups is 1. The van der Waals surface area contributed by atoms with E-state index < -0.39 is 38.6 Å². The van der Waals surface area contributed by atoms with Crippen LogP contribution < -0.4 is 0 Å². The van der Waals surface area contributed by atoms with E-state index in [1.165, 1.54) is 12.1 Å². The average Bonchev–Trinajstić information content (AvgIpc) is 2.53. The number of ether oxygens (including phenoxy) is 1. The summed E-state index contributed by atoms with van der Waals surface area (Å²) in [5.41, 5.74) is -0.536. The van der Waals surface area contributed by atoms with Crippen molar-refractivity contribution in [1.29, 1.82) is 0 Å². The summed E-state index contributed by atoms with van der Waals surface area (Å²) in [6, 6.07) is 4.40. The minimum atomic E-state index is -4.35. The lowest BCUT2D eigenvalue weighted by Gasteiger charge is -2.40. The molecule has 1 aliphatic heterocycles. The first kappa shape index (κ1) is 21.2. The zero-order valence-electron chi connectivity index (χ0n) is 15.6. The summed E-state index contributed by atoms with van der Waals surface area (Å²) in [5.74, 6) is -1.48. The quantitative estimate of drug-likeness (QED) is 0.782. The fraction of sp³-hybridized carbons (Fsp3) is 0.667. The molecule has 1 N–H and O–H groups in total. The van der Waals surface area contributed by atoms with Crippen LogP contribution in [0.2, 0.25) is 0 Å². The van der Waals surface area contributed by atoms with Gasteiger partial charge in [0, 0.05) is 19.0 Å². The van der Waals surface area contributed by atoms with Crippen molar-refractivity contribution in [3.63, 3.8) is 0 Å². The standard InChI is InChI=1S/C18H27F2NO4S/c1-17(2,3)25-16(22)21-10-8-13(9-11-21)18(4,20)26(23,24)15-7-5-6-14(19)12-15/h5-7,12-13,16,22H,8-11H2,1-4H3. The molecule has 1 fully saturated rings. The van der Waals surface area contributed by atoms with Crippen LogP contribution in [0.1, 0.15) is 40.5 Å². The summed E-state index contributed by atoms with van der Waals surface area (Å²) < 4.78 is 59.5. The van der Waals surface area contributed by atoms with E-state index in [1.807, 2.05) is 20.8 Å². The first-order valence-corrected chi connectivity index (χ1v) is 10.1. The molecule has 26 heavy (non-hydrogen) atoms. The van der Waals surface area contributed by atoms with E-state index in [2.05, 4.69) is 0 Å². The van der Waals surface area contributed by atoms with Crippen molar-refractivity contribution in [3.05, 3.63) is 30.1 Å². The Morgan fingerprint density at radius 1 is 1.23 bits per heavy atom. The summed E-state index contributed by atoms with van der Waals surface area (Å²) in [6.07, 6.45) is -0.639. The Hall–Kier alpha value is -1.09. The molecule has 8 heteroatoms. The van der Waals surface area contributed by atoms with Crippen molar-refractivity contribution in [2.75, 3.05) is 13.1 Å². The molecular weight excluding hydrogens is 364 g/mol. The van der Waals surface area contributed by atoms with E-state index in [0.717, 1.165) is 19.1 Å². The number of nitrogens with zero attached hydrogens (tertiary/aromatic N) is 1. The molecule has 148 valence electrons. The van der Waals surface area contributed by atoms with E-state index in [-0.39, 0.29) is 17.7 Å². The van der Waals surface area contributed by atoms with Crippen LogP contribution >= 0.6 is 0 Å². The second-order valence-corrected chi connectivity index (χ2v) is 10.1. The van der Waals surface area contributed by atoms with E-state index in [1.54, 1.807) is 4.90 Å². The van der Waals surface area contributed by atoms with Gasteiger partial charge in [-0.15, -0.1) is 0 Å². The Balaban J connectivity index is 2.10. The third-order valence-electron chi connectivity index (χ3n) is 4.66. The van der Waals surface area contributed by atoms with Crippen LogP contribution in [0.15, 0.2) is 29.2 Å². The Labute approximate surface area is 153 Å². The van der Waals surface area contributed by atoms with E-state index in [9.17, 15) is 17.9 Å². The first-order chi connectivity index (χ1) is 11.8. The minimum absolute atomic E-state index is 0.242. The van der Waals surface area contributed by atoms with Crippen LogP contribution in [0.5, 0.6) is 0 Å². The lowest BCUT2D eigenvalue weighted by Crippen LogP contribution is -2.50. The number of alkyl halides is 1. The molecule has 0 spiro atoms. The fourth-order valence-corrected chi connectivity index (χ4v) is 4.77. The van der Waals surface area contributed by atoms with E-state index >= 15 is 4.39 Å². The topological polar surface area (TPSA) is 66.8 Å². The number of aliphatic hydroxyl groups is 1. The maximum atomic E-state index is 15.3. The molecule has 0 bridgehead atoms. The molecule has 2 rings (SSSR count). The van der Waals surface area contributed by atoms with Gasteiger partial charge in [0.25, 0.3) is 0 Å². The number of likely N-dealkylation sites (tertiary alicyclic amines) is 1. The van der Waals surface area contributed by atoms with Crippen molar-refractivity contribution in [2.45, 2.75) is 62.4 Å². The van der Waals surface area contributed by atoms with Gasteiger partial charge in [0.15, 0.2) is 0 Å². The normalized spacial score (nSPS) is 21.3. The number of halogens is 2. The van der Waals surface area contributed by atoms with Crippen LogP contribution in [0.25, 0.3) is 0 Å². The number of hydrogen-bond acceptors (Lipinski definition) is 5. The molecule has 0 aliphatic carbocycles. The maximum Gasteiger partial charge on any atom is 0.216 e. The van der Waals surface area contributed by atoms with Gasteiger partial charge >= 0.3 is 0 Å². The highest BCUT2D eigenvalue weighted by Gasteiger charge is 2.48. The molecule has 1 aromatic rings. The third-order valence-corrected chi connectivity index (χ3v) is 6.92. The van der Waals surface area contributed by atoms with Crippen molar-refractivity contribution >= 4 is 9.84 Å². The van der Waals surface area contributed by atoms with Crippen molar-refractivity contribution in [2.24, 2.45) is 5.92 Å². The Bertz CT molecular complexity index is 723. The lowest BCUT2D eigenvalue weighted by molar-refractivity contribution is -0.244. The van der Waals surface area contributed by atoms with Gasteiger partial charge in [-0.1, -0.05) is 6.07 Å². The number of hydrogen-bond donors (Lipinski definition) is 1. The zero-order valence-corrected chi connectivity index (χ0v) is 16.4. The SMILES string of the molecule is CC(C)(C)OC(O)N1CCC(C(C)(F)S(=O)(=O)c2cccc(F)c2)CC1. The largest absolute Gasteiger partial charge is 0.356 e. The molecule has 1 aromatic carbocycles. The number of piperidine rings is 1. The van der Waals surface area contributed by atoms with Gasteiger partial charge < -0.3 is 9.84 Å². The highest BCUT2D eigenvalue weighted by Crippen LogP contribution is 2.39. The monoisotopic (exact) mass is 391 g/mol. The van der Waals surface area contributed by atoms with Gasteiger partial charge in [-0.2, -0.15) is 0 Å². The molecule has 0 amide bonds. The maximum absolute atomic E-state index is 15.3. The van der Waals surface area contributed by atoms with Gasteiger partial charge in [-0.05, 0) is 58.7 Å². The predicted molar refractivity (Wildman–Crippen MR) is 94.2 cm³/mol. The van der Waals surface area contributed by atoms with Crippen molar-refractivity contribution in [3.8, 4) is 0 Å². The zero-order chi connectivity index (χ0) is 19.8. The van der Waals surface area contributed by atoms with E-state index in [0.29, 0.717) is 13.1 Å². The van der Waals surface area contributed by atoms with Crippen LogP contribution in [-0.4, -0.2) is 48.5 Å². The van der Waals surface area contributed by atoms with Gasteiger partial charge in [-0.25, -0.2) is 17.2 Å². The summed E-state index contributed by atoms with van der Waals surface area (Å²) in [7, 11) is -4.35. The molecule has 0 radical (unpaired) electrons. The Morgan fingerprint density at radius 2 is 1.81 bits per heavy atom. The number of aliphatic hydroxyl groups excluding tert-OH is 1. The summed E-state index contributed by atoms with van der Waals surface area (Å²) in [5, 5.41) is 7.59. The van der Waals surface area contributed by atoms with Crippen LogP contribution in [0, 0.1) is 11.7 Å². The average molecular weight is 391 g/mol. The molecule has 0 saturated carbocycles. The molecule has 1 saturated heterocycles. The fourth-order valence-electron chi connectivity index (χ4n) is 3.11. The van der Waals surface area contributed by atoms with Gasteiger partial charge in [0.05, 0.1) is 10.5 Å². The second kappa shape index (κ2) is 7.50. The number of benzene rings is 1. The van der Waals surface area contributed by atoms with Crippen LogP contribution in [-0.2, 0) is 14.6 Å². The molecule has 5 nitrogen and oxygen atoms in total. The Morgan fingerprint density at radius 3 is 2.31 bits per heavy atom. The molecule has 2 atom stereocenters. The Kier molecular flexibility index (Phi) is 6.12. The van der Waals surface area contributed by atoms with Gasteiger partial charge in [0.1, 0.15) is 5.82 Å². The van der Waals surface area contributed by atoms with E-state index in [4.69, 9.17) is 4.74 Å². The third kappa shape index (κ3) is 4.60. The number of rotatable bonds is 5.